The standard InChI is InChI=1S/C13H20N4O3/c1-4-9(2)16-11(18)6-8-14-10-5-7-15-12(17-10)13(19)20-3/h5,7,9H,4,6,8H2,1-3H3,(H,16,18)(H,14,15,17). The van der Waals surface area contributed by atoms with E-state index < -0.39 is 5.97 Å². The molecule has 1 aromatic rings. The molecule has 110 valence electrons. The van der Waals surface area contributed by atoms with Crippen LogP contribution in [0.4, 0.5) is 5.82 Å². The quantitative estimate of drug-likeness (QED) is 0.723. The van der Waals surface area contributed by atoms with Gasteiger partial charge in [-0.1, -0.05) is 6.92 Å². The Morgan fingerprint density at radius 2 is 2.20 bits per heavy atom. The summed E-state index contributed by atoms with van der Waals surface area (Å²) in [7, 11) is 1.27. The molecule has 7 nitrogen and oxygen atoms in total. The average Bonchev–Trinajstić information content (AvgIpc) is 2.46. The number of aromatic nitrogens is 2. The minimum absolute atomic E-state index is 0.0124. The maximum atomic E-state index is 11.6. The lowest BCUT2D eigenvalue weighted by molar-refractivity contribution is -0.121. The predicted octanol–water partition coefficient (Wildman–Crippen LogP) is 0.980. The minimum Gasteiger partial charge on any atom is -0.463 e. The predicted molar refractivity (Wildman–Crippen MR) is 74.4 cm³/mol. The van der Waals surface area contributed by atoms with Crippen molar-refractivity contribution in [2.45, 2.75) is 32.7 Å². The Labute approximate surface area is 118 Å². The third kappa shape index (κ3) is 5.21. The summed E-state index contributed by atoms with van der Waals surface area (Å²) in [5.74, 6) is -0.143. The number of anilines is 1. The SMILES string of the molecule is CCC(C)NC(=O)CCNc1ccnc(C(=O)OC)n1. The van der Waals surface area contributed by atoms with E-state index in [1.807, 2.05) is 13.8 Å². The van der Waals surface area contributed by atoms with E-state index in [1.54, 1.807) is 6.07 Å². The second kappa shape index (κ2) is 8.08. The van der Waals surface area contributed by atoms with Gasteiger partial charge in [0.1, 0.15) is 5.82 Å². The summed E-state index contributed by atoms with van der Waals surface area (Å²) in [4.78, 5) is 30.6. The van der Waals surface area contributed by atoms with Crippen LogP contribution in [0.25, 0.3) is 0 Å². The van der Waals surface area contributed by atoms with Gasteiger partial charge < -0.3 is 15.4 Å². The lowest BCUT2D eigenvalue weighted by Gasteiger charge is -2.11. The summed E-state index contributed by atoms with van der Waals surface area (Å²) in [5, 5.41) is 5.84. The maximum absolute atomic E-state index is 11.6. The normalized spacial score (nSPS) is 11.6. The summed E-state index contributed by atoms with van der Waals surface area (Å²) in [6.07, 6.45) is 2.69. The van der Waals surface area contributed by atoms with Gasteiger partial charge in [-0.3, -0.25) is 4.79 Å². The zero-order chi connectivity index (χ0) is 15.0. The van der Waals surface area contributed by atoms with Crippen LogP contribution in [0.15, 0.2) is 12.3 Å². The Balaban J connectivity index is 2.42. The van der Waals surface area contributed by atoms with Gasteiger partial charge in [0.05, 0.1) is 7.11 Å². The van der Waals surface area contributed by atoms with E-state index in [2.05, 4.69) is 25.3 Å². The highest BCUT2D eigenvalue weighted by molar-refractivity contribution is 5.85. The van der Waals surface area contributed by atoms with Crippen LogP contribution in [-0.4, -0.2) is 41.5 Å². The van der Waals surface area contributed by atoms with Gasteiger partial charge in [0.25, 0.3) is 0 Å². The Kier molecular flexibility index (Phi) is 6.42. The molecule has 7 heteroatoms. The molecule has 0 saturated carbocycles. The first-order valence-electron chi connectivity index (χ1n) is 6.51. The minimum atomic E-state index is -0.594. The molecule has 1 rings (SSSR count). The van der Waals surface area contributed by atoms with Gasteiger partial charge in [-0.05, 0) is 19.4 Å². The van der Waals surface area contributed by atoms with Crippen LogP contribution in [0.5, 0.6) is 0 Å². The number of nitrogens with one attached hydrogen (secondary N) is 2. The van der Waals surface area contributed by atoms with Gasteiger partial charge in [-0.25, -0.2) is 14.8 Å². The van der Waals surface area contributed by atoms with Crippen LogP contribution in [0, 0.1) is 0 Å². The molecule has 1 aromatic heterocycles. The van der Waals surface area contributed by atoms with Crippen LogP contribution in [0.3, 0.4) is 0 Å². The van der Waals surface area contributed by atoms with Crippen molar-refractivity contribution in [3.05, 3.63) is 18.1 Å². The molecule has 0 aliphatic carbocycles. The molecular formula is C13H20N4O3. The Morgan fingerprint density at radius 1 is 1.45 bits per heavy atom. The number of hydrogen-bond donors (Lipinski definition) is 2. The molecule has 0 aliphatic heterocycles. The largest absolute Gasteiger partial charge is 0.463 e. The van der Waals surface area contributed by atoms with Crippen molar-refractivity contribution >= 4 is 17.7 Å². The van der Waals surface area contributed by atoms with Crippen molar-refractivity contribution in [3.63, 3.8) is 0 Å². The smallest absolute Gasteiger partial charge is 0.376 e. The second-order valence-electron chi connectivity index (χ2n) is 4.31. The van der Waals surface area contributed by atoms with E-state index in [9.17, 15) is 9.59 Å². The van der Waals surface area contributed by atoms with Crippen LogP contribution >= 0.6 is 0 Å². The highest BCUT2D eigenvalue weighted by atomic mass is 16.5. The number of carbonyl (C=O) groups excluding carboxylic acids is 2. The first kappa shape index (κ1) is 15.9. The van der Waals surface area contributed by atoms with Gasteiger partial charge in [0.15, 0.2) is 0 Å². The van der Waals surface area contributed by atoms with Crippen molar-refractivity contribution in [2.75, 3.05) is 19.0 Å². The van der Waals surface area contributed by atoms with Gasteiger partial charge in [-0.15, -0.1) is 0 Å². The third-order valence-electron chi connectivity index (χ3n) is 2.70. The summed E-state index contributed by atoms with van der Waals surface area (Å²) < 4.78 is 4.53. The van der Waals surface area contributed by atoms with Gasteiger partial charge in [0, 0.05) is 25.2 Å². The van der Waals surface area contributed by atoms with Crippen molar-refractivity contribution in [2.24, 2.45) is 0 Å². The Morgan fingerprint density at radius 3 is 2.85 bits per heavy atom. The lowest BCUT2D eigenvalue weighted by atomic mass is 10.2. The molecule has 0 spiro atoms. The third-order valence-corrected chi connectivity index (χ3v) is 2.70. The van der Waals surface area contributed by atoms with Crippen molar-refractivity contribution in [3.8, 4) is 0 Å². The number of rotatable bonds is 7. The molecule has 0 aliphatic rings. The molecule has 1 amide bonds. The van der Waals surface area contributed by atoms with Crippen LogP contribution < -0.4 is 10.6 Å². The zero-order valence-corrected chi connectivity index (χ0v) is 12.0. The van der Waals surface area contributed by atoms with Crippen molar-refractivity contribution in [1.29, 1.82) is 0 Å². The van der Waals surface area contributed by atoms with Crippen LogP contribution in [0.1, 0.15) is 37.3 Å². The number of methoxy groups -OCH3 is 1. The van der Waals surface area contributed by atoms with Crippen LogP contribution in [0.2, 0.25) is 0 Å². The molecule has 1 atom stereocenters. The van der Waals surface area contributed by atoms with Gasteiger partial charge in [0.2, 0.25) is 11.7 Å². The topological polar surface area (TPSA) is 93.2 Å². The summed E-state index contributed by atoms with van der Waals surface area (Å²) in [5.41, 5.74) is 0. The molecule has 1 unspecified atom stereocenters. The molecule has 0 fully saturated rings. The highest BCUT2D eigenvalue weighted by Gasteiger charge is 2.10. The number of ether oxygens (including phenoxy) is 1. The first-order chi connectivity index (χ1) is 9.56. The fourth-order valence-electron chi connectivity index (χ4n) is 1.40. The van der Waals surface area contributed by atoms with E-state index in [1.165, 1.54) is 13.3 Å². The van der Waals surface area contributed by atoms with Crippen molar-refractivity contribution < 1.29 is 14.3 Å². The summed E-state index contributed by atoms with van der Waals surface area (Å²) >= 11 is 0. The number of amides is 1. The average molecular weight is 280 g/mol. The molecule has 0 bridgehead atoms. The molecule has 2 N–H and O–H groups in total. The van der Waals surface area contributed by atoms with E-state index in [-0.39, 0.29) is 17.8 Å². The monoisotopic (exact) mass is 280 g/mol. The maximum Gasteiger partial charge on any atom is 0.376 e. The number of esters is 1. The Hall–Kier alpha value is -2.18. The molecule has 0 saturated heterocycles. The lowest BCUT2D eigenvalue weighted by Crippen LogP contribution is -2.33. The molecule has 20 heavy (non-hydrogen) atoms. The van der Waals surface area contributed by atoms with Crippen molar-refractivity contribution in [1.82, 2.24) is 15.3 Å². The molecular weight excluding hydrogens is 260 g/mol. The zero-order valence-electron chi connectivity index (χ0n) is 12.0. The van der Waals surface area contributed by atoms with Gasteiger partial charge >= 0.3 is 5.97 Å². The fraction of sp³-hybridized carbons (Fsp3) is 0.538. The molecule has 0 aromatic carbocycles. The number of carbonyl (C=O) groups is 2. The van der Waals surface area contributed by atoms with E-state index in [0.29, 0.717) is 18.8 Å². The van der Waals surface area contributed by atoms with E-state index in [0.717, 1.165) is 6.42 Å². The summed E-state index contributed by atoms with van der Waals surface area (Å²) in [6, 6.07) is 1.80. The Bertz CT molecular complexity index is 465. The fourth-order valence-corrected chi connectivity index (χ4v) is 1.40. The molecule has 1 heterocycles. The number of nitrogens with zero attached hydrogens (tertiary/aromatic N) is 2. The highest BCUT2D eigenvalue weighted by Crippen LogP contribution is 2.03. The second-order valence-corrected chi connectivity index (χ2v) is 4.31. The van der Waals surface area contributed by atoms with E-state index >= 15 is 0 Å². The van der Waals surface area contributed by atoms with Gasteiger partial charge in [-0.2, -0.15) is 0 Å². The molecule has 0 radical (unpaired) electrons. The first-order valence-corrected chi connectivity index (χ1v) is 6.51. The van der Waals surface area contributed by atoms with Crippen LogP contribution in [-0.2, 0) is 9.53 Å². The van der Waals surface area contributed by atoms with E-state index in [4.69, 9.17) is 0 Å². The number of hydrogen-bond acceptors (Lipinski definition) is 6. The summed E-state index contributed by atoms with van der Waals surface area (Å²) in [6.45, 7) is 4.40.